The van der Waals surface area contributed by atoms with Crippen LogP contribution in [0.25, 0.3) is 0 Å². The van der Waals surface area contributed by atoms with Gasteiger partial charge in [0.2, 0.25) is 0 Å². The van der Waals surface area contributed by atoms with Crippen molar-refractivity contribution >= 4 is 27.2 Å². The maximum Gasteiger partial charge on any atom is 0.168 e. The number of hydrogen-bond acceptors (Lipinski definition) is 3. The highest BCUT2D eigenvalue weighted by Crippen LogP contribution is 1.90. The molecule has 0 aliphatic heterocycles. The maximum absolute atomic E-state index is 10.9. The average Bonchev–Trinajstić information content (AvgIpc) is 1.97. The van der Waals surface area contributed by atoms with E-state index in [2.05, 4.69) is 5.32 Å². The van der Waals surface area contributed by atoms with E-state index >= 15 is 0 Å². The fourth-order valence-electron chi connectivity index (χ4n) is 0.761. The first-order valence-electron chi connectivity index (χ1n) is 4.41. The van der Waals surface area contributed by atoms with Crippen LogP contribution >= 0.6 is 12.2 Å². The highest BCUT2D eigenvalue weighted by molar-refractivity contribution is 7.90. The van der Waals surface area contributed by atoms with E-state index in [1.54, 1.807) is 11.9 Å². The van der Waals surface area contributed by atoms with Gasteiger partial charge in [-0.25, -0.2) is 8.42 Å². The summed E-state index contributed by atoms with van der Waals surface area (Å²) in [5, 5.41) is 3.63. The Hall–Kier alpha value is -0.360. The van der Waals surface area contributed by atoms with Crippen LogP contribution in [0, 0.1) is 0 Å². The van der Waals surface area contributed by atoms with Gasteiger partial charge in [0.1, 0.15) is 9.84 Å². The number of thiocarbonyl (C=S) groups is 1. The zero-order valence-electron chi connectivity index (χ0n) is 9.07. The second-order valence-corrected chi connectivity index (χ2v) is 6.30. The summed E-state index contributed by atoms with van der Waals surface area (Å²) >= 11 is 5.06. The van der Waals surface area contributed by atoms with E-state index in [4.69, 9.17) is 12.2 Å². The van der Waals surface area contributed by atoms with Crippen molar-refractivity contribution in [2.45, 2.75) is 19.9 Å². The van der Waals surface area contributed by atoms with Crippen LogP contribution < -0.4 is 5.32 Å². The summed E-state index contributed by atoms with van der Waals surface area (Å²) in [4.78, 5) is 1.73. The predicted octanol–water partition coefficient (Wildman–Crippen LogP) is 0.246. The van der Waals surface area contributed by atoms with Crippen LogP contribution in [-0.4, -0.2) is 50.1 Å². The lowest BCUT2D eigenvalue weighted by atomic mass is 10.4. The number of rotatable bonds is 4. The molecule has 0 bridgehead atoms. The molecule has 14 heavy (non-hydrogen) atoms. The monoisotopic (exact) mass is 238 g/mol. The summed E-state index contributed by atoms with van der Waals surface area (Å²) in [6.45, 7) is 4.39. The van der Waals surface area contributed by atoms with Crippen molar-refractivity contribution in [3.8, 4) is 0 Å². The van der Waals surface area contributed by atoms with E-state index in [1.165, 1.54) is 6.26 Å². The molecular formula is C8H18N2O2S2. The van der Waals surface area contributed by atoms with Gasteiger partial charge >= 0.3 is 0 Å². The molecule has 0 aromatic rings. The van der Waals surface area contributed by atoms with Crippen molar-refractivity contribution in [1.82, 2.24) is 10.2 Å². The minimum Gasteiger partial charge on any atom is -0.360 e. The fraction of sp³-hybridized carbons (Fsp3) is 0.875. The predicted molar refractivity (Wildman–Crippen MR) is 63.2 cm³/mol. The Morgan fingerprint density at radius 1 is 1.50 bits per heavy atom. The summed E-state index contributed by atoms with van der Waals surface area (Å²) in [6.07, 6.45) is 1.22. The van der Waals surface area contributed by atoms with Crippen LogP contribution in [0.2, 0.25) is 0 Å². The van der Waals surface area contributed by atoms with Gasteiger partial charge in [-0.2, -0.15) is 0 Å². The number of nitrogens with zero attached hydrogens (tertiary/aromatic N) is 1. The summed E-state index contributed by atoms with van der Waals surface area (Å²) in [5.41, 5.74) is 0. The fourth-order valence-corrected chi connectivity index (χ4v) is 1.69. The first-order valence-corrected chi connectivity index (χ1v) is 6.88. The average molecular weight is 238 g/mol. The van der Waals surface area contributed by atoms with Crippen molar-refractivity contribution in [3.63, 3.8) is 0 Å². The zero-order valence-corrected chi connectivity index (χ0v) is 10.7. The van der Waals surface area contributed by atoms with E-state index in [-0.39, 0.29) is 11.8 Å². The van der Waals surface area contributed by atoms with Gasteiger partial charge in [0, 0.05) is 25.9 Å². The van der Waals surface area contributed by atoms with Gasteiger partial charge < -0.3 is 10.2 Å². The lowest BCUT2D eigenvalue weighted by Gasteiger charge is -2.22. The molecule has 0 fully saturated rings. The van der Waals surface area contributed by atoms with Crippen molar-refractivity contribution in [2.24, 2.45) is 0 Å². The van der Waals surface area contributed by atoms with Crippen LogP contribution in [0.4, 0.5) is 0 Å². The summed E-state index contributed by atoms with van der Waals surface area (Å²) < 4.78 is 21.8. The summed E-state index contributed by atoms with van der Waals surface area (Å²) in [7, 11) is -1.13. The molecule has 0 aliphatic carbocycles. The third-order valence-corrected chi connectivity index (χ3v) is 2.91. The van der Waals surface area contributed by atoms with E-state index < -0.39 is 9.84 Å². The molecule has 0 aromatic heterocycles. The molecule has 0 aromatic carbocycles. The molecule has 0 amide bonds. The Kier molecular flexibility index (Phi) is 5.36. The normalized spacial score (nSPS) is 11.5. The molecule has 0 saturated carbocycles. The minimum absolute atomic E-state index is 0.128. The van der Waals surface area contributed by atoms with E-state index in [0.717, 1.165) is 0 Å². The van der Waals surface area contributed by atoms with Gasteiger partial charge in [-0.05, 0) is 26.1 Å². The van der Waals surface area contributed by atoms with Gasteiger partial charge in [0.15, 0.2) is 5.11 Å². The number of sulfone groups is 1. The van der Waals surface area contributed by atoms with Gasteiger partial charge in [-0.15, -0.1) is 0 Å². The summed E-state index contributed by atoms with van der Waals surface area (Å²) in [6, 6.07) is 0.267. The van der Waals surface area contributed by atoms with Crippen LogP contribution in [0.5, 0.6) is 0 Å². The van der Waals surface area contributed by atoms with Crippen LogP contribution in [-0.2, 0) is 9.84 Å². The van der Waals surface area contributed by atoms with Gasteiger partial charge in [-0.3, -0.25) is 0 Å². The van der Waals surface area contributed by atoms with Crippen molar-refractivity contribution in [3.05, 3.63) is 0 Å². The molecule has 84 valence electrons. The minimum atomic E-state index is -2.91. The Morgan fingerprint density at radius 3 is 2.36 bits per heavy atom. The SMILES string of the molecule is CC(C)NC(=S)N(C)CCS(C)(=O)=O. The molecule has 4 nitrogen and oxygen atoms in total. The third kappa shape index (κ3) is 7.08. The molecule has 0 heterocycles. The Bertz CT molecular complexity index is 286. The second kappa shape index (κ2) is 5.50. The molecule has 0 unspecified atom stereocenters. The van der Waals surface area contributed by atoms with E-state index in [1.807, 2.05) is 13.8 Å². The molecule has 0 aliphatic rings. The Balaban J connectivity index is 3.97. The van der Waals surface area contributed by atoms with Crippen LogP contribution in [0.1, 0.15) is 13.8 Å². The molecule has 0 atom stereocenters. The number of nitrogens with one attached hydrogen (secondary N) is 1. The third-order valence-electron chi connectivity index (χ3n) is 1.56. The quantitative estimate of drug-likeness (QED) is 0.711. The topological polar surface area (TPSA) is 49.4 Å². The molecule has 1 N–H and O–H groups in total. The van der Waals surface area contributed by atoms with Gasteiger partial charge in [0.25, 0.3) is 0 Å². The Morgan fingerprint density at radius 2 is 2.00 bits per heavy atom. The smallest absolute Gasteiger partial charge is 0.168 e. The Labute approximate surface area is 91.6 Å². The van der Waals surface area contributed by atoms with Crippen molar-refractivity contribution in [2.75, 3.05) is 25.6 Å². The van der Waals surface area contributed by atoms with Crippen LogP contribution in [0.15, 0.2) is 0 Å². The standard InChI is InChI=1S/C8H18N2O2S2/c1-7(2)9-8(13)10(3)5-6-14(4,11)12/h7H,5-6H2,1-4H3,(H,9,13). The van der Waals surface area contributed by atoms with Gasteiger partial charge in [0.05, 0.1) is 5.75 Å². The van der Waals surface area contributed by atoms with Crippen molar-refractivity contribution < 1.29 is 8.42 Å². The van der Waals surface area contributed by atoms with Gasteiger partial charge in [-0.1, -0.05) is 0 Å². The largest absolute Gasteiger partial charge is 0.360 e. The highest BCUT2D eigenvalue weighted by atomic mass is 32.2. The maximum atomic E-state index is 10.9. The first kappa shape index (κ1) is 13.6. The molecular weight excluding hydrogens is 220 g/mol. The molecule has 0 saturated heterocycles. The lowest BCUT2D eigenvalue weighted by Crippen LogP contribution is -2.42. The molecule has 6 heteroatoms. The van der Waals surface area contributed by atoms with Crippen LogP contribution in [0.3, 0.4) is 0 Å². The summed E-state index contributed by atoms with van der Waals surface area (Å²) in [5.74, 6) is 0.128. The van der Waals surface area contributed by atoms with Crippen molar-refractivity contribution in [1.29, 1.82) is 0 Å². The highest BCUT2D eigenvalue weighted by Gasteiger charge is 2.08. The lowest BCUT2D eigenvalue weighted by molar-refractivity contribution is 0.506. The molecule has 0 rings (SSSR count). The first-order chi connectivity index (χ1) is 6.22. The van der Waals surface area contributed by atoms with E-state index in [9.17, 15) is 8.42 Å². The molecule has 0 radical (unpaired) electrons. The van der Waals surface area contributed by atoms with E-state index in [0.29, 0.717) is 11.7 Å². The zero-order chi connectivity index (χ0) is 11.4. The number of hydrogen-bond donors (Lipinski definition) is 1. The second-order valence-electron chi connectivity index (χ2n) is 3.66. The molecule has 0 spiro atoms.